The average molecular weight is 440 g/mol. The number of nitrogens with zero attached hydrogens (tertiary/aromatic N) is 1. The Bertz CT molecular complexity index is 1080. The molecule has 1 saturated heterocycles. The molecule has 2 heterocycles. The van der Waals surface area contributed by atoms with Gasteiger partial charge in [0, 0.05) is 36.0 Å². The van der Waals surface area contributed by atoms with Crippen LogP contribution in [-0.4, -0.2) is 40.7 Å². The molecule has 3 atom stereocenters. The monoisotopic (exact) mass is 439 g/mol. The first-order valence-corrected chi connectivity index (χ1v) is 12.2. The third kappa shape index (κ3) is 3.83. The van der Waals surface area contributed by atoms with Crippen LogP contribution in [0.15, 0.2) is 27.4 Å². The van der Waals surface area contributed by atoms with Gasteiger partial charge < -0.3 is 19.2 Å². The number of piperidine rings is 1. The first kappa shape index (κ1) is 21.5. The largest absolute Gasteiger partial charge is 0.480 e. The van der Waals surface area contributed by atoms with Crippen LogP contribution >= 0.6 is 0 Å². The van der Waals surface area contributed by atoms with Crippen molar-refractivity contribution < 1.29 is 19.1 Å². The summed E-state index contributed by atoms with van der Waals surface area (Å²) >= 11 is 0. The van der Waals surface area contributed by atoms with E-state index in [1.807, 2.05) is 24.0 Å². The van der Waals surface area contributed by atoms with Gasteiger partial charge in [-0.15, -0.1) is 0 Å². The van der Waals surface area contributed by atoms with Crippen LogP contribution < -0.4 is 10.4 Å². The van der Waals surface area contributed by atoms with Crippen LogP contribution in [0.25, 0.3) is 11.0 Å². The molecule has 2 fully saturated rings. The molecule has 5 rings (SSSR count). The van der Waals surface area contributed by atoms with Gasteiger partial charge in [0.2, 0.25) is 0 Å². The Kier molecular flexibility index (Phi) is 5.74. The predicted octanol–water partition coefficient (Wildman–Crippen LogP) is 3.98. The van der Waals surface area contributed by atoms with Crippen molar-refractivity contribution in [2.24, 2.45) is 5.92 Å². The highest BCUT2D eigenvalue weighted by molar-refractivity contribution is 5.84. The van der Waals surface area contributed by atoms with E-state index in [1.54, 1.807) is 6.07 Å². The number of carbonyl (C=O) groups is 1. The minimum Gasteiger partial charge on any atom is -0.480 e. The van der Waals surface area contributed by atoms with Crippen molar-refractivity contribution in [2.45, 2.75) is 82.8 Å². The highest BCUT2D eigenvalue weighted by atomic mass is 16.5. The van der Waals surface area contributed by atoms with Crippen molar-refractivity contribution in [3.63, 3.8) is 0 Å². The molecule has 1 aromatic heterocycles. The molecule has 2 aliphatic carbocycles. The van der Waals surface area contributed by atoms with Gasteiger partial charge in [-0.05, 0) is 69.1 Å². The van der Waals surface area contributed by atoms with Crippen LogP contribution in [0.3, 0.4) is 0 Å². The first-order valence-electron chi connectivity index (χ1n) is 12.2. The number of fused-ring (bicyclic) bond motifs is 4. The van der Waals surface area contributed by atoms with E-state index in [4.69, 9.17) is 9.15 Å². The summed E-state index contributed by atoms with van der Waals surface area (Å²) < 4.78 is 11.7. The number of amides is 1. The second kappa shape index (κ2) is 8.54. The number of aryl methyl sites for hydroxylation is 1. The van der Waals surface area contributed by atoms with Crippen LogP contribution in [0.5, 0.6) is 5.75 Å². The van der Waals surface area contributed by atoms with Gasteiger partial charge in [-0.2, -0.15) is 0 Å². The molecule has 0 bridgehead atoms. The van der Waals surface area contributed by atoms with Crippen molar-refractivity contribution in [2.75, 3.05) is 13.1 Å². The SMILES string of the molecule is CCC(Oc1ccc2c3c(c(=O)oc2c1)CCCC3)C(=O)N1CCC2(O)CCCCC2C1. The first-order chi connectivity index (χ1) is 15.5. The molecule has 6 heteroatoms. The van der Waals surface area contributed by atoms with Crippen LogP contribution in [0.4, 0.5) is 0 Å². The van der Waals surface area contributed by atoms with Crippen molar-refractivity contribution >= 4 is 16.9 Å². The van der Waals surface area contributed by atoms with E-state index in [1.165, 1.54) is 0 Å². The molecule has 1 aliphatic heterocycles. The van der Waals surface area contributed by atoms with E-state index in [0.29, 0.717) is 37.3 Å². The highest BCUT2D eigenvalue weighted by Gasteiger charge is 2.44. The smallest absolute Gasteiger partial charge is 0.339 e. The van der Waals surface area contributed by atoms with Gasteiger partial charge in [-0.25, -0.2) is 4.79 Å². The molecular formula is C26H33NO5. The summed E-state index contributed by atoms with van der Waals surface area (Å²) in [7, 11) is 0. The molecular weight excluding hydrogens is 406 g/mol. The third-order valence-electron chi connectivity index (χ3n) is 7.86. The number of aliphatic hydroxyl groups is 1. The lowest BCUT2D eigenvalue weighted by Gasteiger charge is -2.47. The average Bonchev–Trinajstić information content (AvgIpc) is 2.81. The quantitative estimate of drug-likeness (QED) is 0.729. The summed E-state index contributed by atoms with van der Waals surface area (Å²) in [4.78, 5) is 27.6. The summed E-state index contributed by atoms with van der Waals surface area (Å²) in [5.41, 5.74) is 1.59. The summed E-state index contributed by atoms with van der Waals surface area (Å²) in [5.74, 6) is 0.683. The molecule has 2 aromatic rings. The lowest BCUT2D eigenvalue weighted by molar-refractivity contribution is -0.150. The van der Waals surface area contributed by atoms with Gasteiger partial charge in [0.05, 0.1) is 5.60 Å². The number of rotatable bonds is 4. The van der Waals surface area contributed by atoms with Gasteiger partial charge in [0.15, 0.2) is 6.10 Å². The number of hydrogen-bond acceptors (Lipinski definition) is 5. The van der Waals surface area contributed by atoms with E-state index in [0.717, 1.165) is 67.9 Å². The van der Waals surface area contributed by atoms with E-state index in [-0.39, 0.29) is 17.5 Å². The zero-order chi connectivity index (χ0) is 22.3. The summed E-state index contributed by atoms with van der Waals surface area (Å²) in [6.45, 7) is 3.12. The number of hydrogen-bond donors (Lipinski definition) is 1. The molecule has 0 radical (unpaired) electrons. The molecule has 3 aliphatic rings. The molecule has 6 nitrogen and oxygen atoms in total. The predicted molar refractivity (Wildman–Crippen MR) is 122 cm³/mol. The Balaban J connectivity index is 1.34. The fourth-order valence-corrected chi connectivity index (χ4v) is 5.95. The number of likely N-dealkylation sites (tertiary alicyclic amines) is 1. The van der Waals surface area contributed by atoms with Gasteiger partial charge in [0.25, 0.3) is 5.91 Å². The molecule has 1 aromatic carbocycles. The van der Waals surface area contributed by atoms with Crippen molar-refractivity contribution in [1.82, 2.24) is 4.90 Å². The van der Waals surface area contributed by atoms with Gasteiger partial charge in [-0.3, -0.25) is 4.79 Å². The molecule has 1 saturated carbocycles. The topological polar surface area (TPSA) is 80.0 Å². The Morgan fingerprint density at radius 1 is 1.22 bits per heavy atom. The van der Waals surface area contributed by atoms with Crippen molar-refractivity contribution in [3.8, 4) is 5.75 Å². The highest BCUT2D eigenvalue weighted by Crippen LogP contribution is 2.40. The van der Waals surface area contributed by atoms with Gasteiger partial charge in [-0.1, -0.05) is 19.8 Å². The van der Waals surface area contributed by atoms with Crippen LogP contribution in [0.1, 0.15) is 69.4 Å². The van der Waals surface area contributed by atoms with Crippen LogP contribution in [0, 0.1) is 5.92 Å². The Morgan fingerprint density at radius 2 is 2.03 bits per heavy atom. The standard InChI is InChI=1S/C26H33NO5/c1-2-22(24(28)27-14-13-26(30)12-6-5-7-17(26)16-27)31-18-10-11-20-19-8-3-4-9-21(19)25(29)32-23(20)15-18/h10-11,15,17,22,30H,2-9,12-14,16H2,1H3. The Morgan fingerprint density at radius 3 is 2.84 bits per heavy atom. The number of ether oxygens (including phenoxy) is 1. The van der Waals surface area contributed by atoms with E-state index in [9.17, 15) is 14.7 Å². The molecule has 172 valence electrons. The summed E-state index contributed by atoms with van der Waals surface area (Å²) in [6.07, 6.45) is 8.42. The Labute approximate surface area is 188 Å². The molecule has 3 unspecified atom stereocenters. The minimum absolute atomic E-state index is 0.0212. The summed E-state index contributed by atoms with van der Waals surface area (Å²) in [5, 5.41) is 11.9. The van der Waals surface area contributed by atoms with Gasteiger partial charge >= 0.3 is 5.63 Å². The number of benzene rings is 1. The molecule has 1 amide bonds. The molecule has 1 N–H and O–H groups in total. The maximum Gasteiger partial charge on any atom is 0.339 e. The zero-order valence-electron chi connectivity index (χ0n) is 18.9. The maximum atomic E-state index is 13.3. The molecule has 32 heavy (non-hydrogen) atoms. The lowest BCUT2D eigenvalue weighted by Crippen LogP contribution is -2.56. The lowest BCUT2D eigenvalue weighted by atomic mass is 9.71. The summed E-state index contributed by atoms with van der Waals surface area (Å²) in [6, 6.07) is 5.58. The van der Waals surface area contributed by atoms with Gasteiger partial charge in [0.1, 0.15) is 11.3 Å². The second-order valence-electron chi connectivity index (χ2n) is 9.81. The fraction of sp³-hybridized carbons (Fsp3) is 0.615. The molecule has 0 spiro atoms. The number of carbonyl (C=O) groups excluding carboxylic acids is 1. The fourth-order valence-electron chi connectivity index (χ4n) is 5.95. The second-order valence-corrected chi connectivity index (χ2v) is 9.81. The van der Waals surface area contributed by atoms with E-state index >= 15 is 0 Å². The zero-order valence-corrected chi connectivity index (χ0v) is 18.9. The normalized spacial score (nSPS) is 26.3. The third-order valence-corrected chi connectivity index (χ3v) is 7.86. The van der Waals surface area contributed by atoms with E-state index in [2.05, 4.69) is 0 Å². The van der Waals surface area contributed by atoms with Crippen molar-refractivity contribution in [1.29, 1.82) is 0 Å². The van der Waals surface area contributed by atoms with Crippen LogP contribution in [0.2, 0.25) is 0 Å². The van der Waals surface area contributed by atoms with Crippen molar-refractivity contribution in [3.05, 3.63) is 39.7 Å². The van der Waals surface area contributed by atoms with E-state index < -0.39 is 11.7 Å². The maximum absolute atomic E-state index is 13.3. The minimum atomic E-state index is -0.605. The Hall–Kier alpha value is -2.34. The van der Waals surface area contributed by atoms with Crippen LogP contribution in [-0.2, 0) is 17.6 Å².